The van der Waals surface area contributed by atoms with Crippen LogP contribution in [0.4, 0.5) is 4.79 Å². The lowest BCUT2D eigenvalue weighted by Gasteiger charge is -2.39. The van der Waals surface area contributed by atoms with Crippen LogP contribution < -0.4 is 5.32 Å². The zero-order valence-corrected chi connectivity index (χ0v) is 19.5. The van der Waals surface area contributed by atoms with E-state index >= 15 is 0 Å². The van der Waals surface area contributed by atoms with Crippen molar-refractivity contribution in [2.24, 2.45) is 17.8 Å². The van der Waals surface area contributed by atoms with Crippen LogP contribution in [0.1, 0.15) is 71.6 Å². The summed E-state index contributed by atoms with van der Waals surface area (Å²) in [6.07, 6.45) is 6.90. The van der Waals surface area contributed by atoms with E-state index < -0.39 is 26.4 Å². The zero-order chi connectivity index (χ0) is 21.9. The maximum absolute atomic E-state index is 13.0. The lowest BCUT2D eigenvalue weighted by molar-refractivity contribution is -0.132. The monoisotopic (exact) mass is 442 g/mol. The van der Waals surface area contributed by atoms with Gasteiger partial charge in [0.15, 0.2) is 9.84 Å². The summed E-state index contributed by atoms with van der Waals surface area (Å²) >= 11 is 0. The second-order valence-corrected chi connectivity index (χ2v) is 12.6. The molecule has 1 N–H and O–H groups in total. The normalized spacial score (nSPS) is 34.5. The molecule has 2 amide bonds. The molecule has 0 aromatic carbocycles. The number of alkyl carbamates (subject to hydrolysis) is 1. The zero-order valence-electron chi connectivity index (χ0n) is 18.6. The quantitative estimate of drug-likeness (QED) is 0.709. The van der Waals surface area contributed by atoms with Crippen molar-refractivity contribution in [3.63, 3.8) is 0 Å². The smallest absolute Gasteiger partial charge is 0.407 e. The molecule has 0 radical (unpaired) electrons. The van der Waals surface area contributed by atoms with Gasteiger partial charge in [0, 0.05) is 26.1 Å². The van der Waals surface area contributed by atoms with Gasteiger partial charge in [0.2, 0.25) is 5.91 Å². The SMILES string of the molecule is CC(C)S(=O)(=O)C1CCC2C[C@@H]1CN(C)C(=O)CC1CCC(CCOC(=O)N2)CC1. The van der Waals surface area contributed by atoms with Crippen molar-refractivity contribution in [2.75, 3.05) is 20.2 Å². The predicted octanol–water partition coefficient (Wildman–Crippen LogP) is 3.13. The van der Waals surface area contributed by atoms with Crippen LogP contribution in [0.2, 0.25) is 0 Å². The molecule has 2 aliphatic heterocycles. The first-order valence-electron chi connectivity index (χ1n) is 11.6. The van der Waals surface area contributed by atoms with Gasteiger partial charge in [-0.25, -0.2) is 13.2 Å². The molecule has 2 heterocycles. The minimum atomic E-state index is -3.29. The number of fused-ring (bicyclic) bond motifs is 9. The van der Waals surface area contributed by atoms with Gasteiger partial charge in [0.05, 0.1) is 17.1 Å². The molecule has 4 fully saturated rings. The number of nitrogens with zero attached hydrogens (tertiary/aromatic N) is 1. The summed E-state index contributed by atoms with van der Waals surface area (Å²) in [5, 5.41) is 2.01. The average molecular weight is 443 g/mol. The largest absolute Gasteiger partial charge is 0.450 e. The topological polar surface area (TPSA) is 92.8 Å². The van der Waals surface area contributed by atoms with Crippen molar-refractivity contribution in [2.45, 2.75) is 88.2 Å². The Balaban J connectivity index is 1.78. The molecule has 0 aromatic rings. The first kappa shape index (κ1) is 23.4. The predicted molar refractivity (Wildman–Crippen MR) is 116 cm³/mol. The highest BCUT2D eigenvalue weighted by molar-refractivity contribution is 7.92. The Bertz CT molecular complexity index is 715. The molecule has 4 aliphatic rings. The van der Waals surface area contributed by atoms with E-state index in [1.54, 1.807) is 25.8 Å². The number of ether oxygens (including phenoxy) is 1. The van der Waals surface area contributed by atoms with Crippen LogP contribution in [0.15, 0.2) is 0 Å². The summed E-state index contributed by atoms with van der Waals surface area (Å²) in [5.41, 5.74) is 0. The van der Waals surface area contributed by atoms with Crippen LogP contribution in [-0.4, -0.2) is 62.1 Å². The number of carbonyl (C=O) groups is 2. The Labute approximate surface area is 181 Å². The van der Waals surface area contributed by atoms with E-state index in [9.17, 15) is 18.0 Å². The highest BCUT2D eigenvalue weighted by Crippen LogP contribution is 2.35. The molecule has 2 aliphatic carbocycles. The first-order chi connectivity index (χ1) is 14.2. The molecule has 30 heavy (non-hydrogen) atoms. The van der Waals surface area contributed by atoms with Crippen molar-refractivity contribution >= 4 is 21.8 Å². The van der Waals surface area contributed by atoms with Crippen LogP contribution in [0.25, 0.3) is 0 Å². The minimum absolute atomic E-state index is 0.112. The van der Waals surface area contributed by atoms with Crippen molar-refractivity contribution in [3.05, 3.63) is 0 Å². The molecule has 2 unspecified atom stereocenters. The van der Waals surface area contributed by atoms with Crippen LogP contribution in [-0.2, 0) is 19.4 Å². The van der Waals surface area contributed by atoms with Crippen LogP contribution in [0.3, 0.4) is 0 Å². The van der Waals surface area contributed by atoms with E-state index in [2.05, 4.69) is 5.32 Å². The number of hydrogen-bond donors (Lipinski definition) is 1. The highest BCUT2D eigenvalue weighted by atomic mass is 32.2. The first-order valence-corrected chi connectivity index (χ1v) is 13.2. The molecule has 4 bridgehead atoms. The maximum Gasteiger partial charge on any atom is 0.407 e. The summed E-state index contributed by atoms with van der Waals surface area (Å²) < 4.78 is 31.4. The lowest BCUT2D eigenvalue weighted by atomic mass is 9.79. The van der Waals surface area contributed by atoms with Gasteiger partial charge >= 0.3 is 6.09 Å². The fraction of sp³-hybridized carbons (Fsp3) is 0.909. The van der Waals surface area contributed by atoms with Gasteiger partial charge in [-0.1, -0.05) is 12.8 Å². The molecule has 172 valence electrons. The van der Waals surface area contributed by atoms with Gasteiger partial charge in [0.1, 0.15) is 0 Å². The van der Waals surface area contributed by atoms with Gasteiger partial charge in [-0.3, -0.25) is 4.79 Å². The van der Waals surface area contributed by atoms with Crippen LogP contribution in [0.5, 0.6) is 0 Å². The number of amides is 2. The van der Waals surface area contributed by atoms with Gasteiger partial charge in [-0.05, 0) is 70.1 Å². The van der Waals surface area contributed by atoms with E-state index in [4.69, 9.17) is 4.74 Å². The van der Waals surface area contributed by atoms with E-state index in [1.165, 1.54) is 0 Å². The van der Waals surface area contributed by atoms with Crippen molar-refractivity contribution in [3.8, 4) is 0 Å². The Morgan fingerprint density at radius 2 is 1.67 bits per heavy atom. The molecular formula is C22H38N2O5S. The fourth-order valence-corrected chi connectivity index (χ4v) is 7.35. The highest BCUT2D eigenvalue weighted by Gasteiger charge is 2.41. The van der Waals surface area contributed by atoms with E-state index in [1.807, 2.05) is 0 Å². The third kappa shape index (κ3) is 5.68. The molecule has 8 heteroatoms. The summed E-state index contributed by atoms with van der Waals surface area (Å²) in [5.74, 6) is 0.897. The Morgan fingerprint density at radius 3 is 2.33 bits per heavy atom. The van der Waals surface area contributed by atoms with E-state index in [-0.39, 0.29) is 17.9 Å². The van der Waals surface area contributed by atoms with Crippen LogP contribution in [0, 0.1) is 17.8 Å². The van der Waals surface area contributed by atoms with Gasteiger partial charge in [0.25, 0.3) is 0 Å². The number of hydrogen-bond acceptors (Lipinski definition) is 5. The fourth-order valence-electron chi connectivity index (χ4n) is 5.45. The second kappa shape index (κ2) is 9.88. The number of rotatable bonds is 2. The van der Waals surface area contributed by atoms with E-state index in [0.29, 0.717) is 50.7 Å². The third-order valence-corrected chi connectivity index (χ3v) is 10.2. The summed E-state index contributed by atoms with van der Waals surface area (Å²) in [6, 6.07) is -0.117. The molecule has 0 aromatic heterocycles. The number of nitrogens with one attached hydrogen (secondary N) is 1. The molecule has 3 atom stereocenters. The van der Waals surface area contributed by atoms with Crippen molar-refractivity contribution in [1.29, 1.82) is 0 Å². The lowest BCUT2D eigenvalue weighted by Crippen LogP contribution is -2.50. The van der Waals surface area contributed by atoms with Crippen LogP contribution >= 0.6 is 0 Å². The molecule has 0 spiro atoms. The van der Waals surface area contributed by atoms with Crippen molar-refractivity contribution in [1.82, 2.24) is 10.2 Å². The molecule has 4 rings (SSSR count). The summed E-state index contributed by atoms with van der Waals surface area (Å²) in [6.45, 7) is 4.27. The Hall–Kier alpha value is -1.31. The standard InChI is InChI=1S/C22H38N2O5S/c1-15(2)30(27,28)20-9-8-19-13-18(20)14-24(3)21(25)12-17-6-4-16(5-7-17)10-11-29-22(26)23-19/h15-20H,4-14H2,1-3H3,(H,23,26)/t16?,17?,18-,19?,20?/m1/s1. The second-order valence-electron chi connectivity index (χ2n) is 9.88. The summed E-state index contributed by atoms with van der Waals surface area (Å²) in [7, 11) is -1.49. The third-order valence-electron chi connectivity index (χ3n) is 7.44. The Morgan fingerprint density at radius 1 is 1.00 bits per heavy atom. The minimum Gasteiger partial charge on any atom is -0.450 e. The molecular weight excluding hydrogens is 404 g/mol. The molecule has 2 saturated carbocycles. The van der Waals surface area contributed by atoms with Gasteiger partial charge in [-0.15, -0.1) is 0 Å². The number of carbonyl (C=O) groups excluding carboxylic acids is 2. The average Bonchev–Trinajstić information content (AvgIpc) is 2.68. The van der Waals surface area contributed by atoms with Gasteiger partial charge < -0.3 is 15.0 Å². The summed E-state index contributed by atoms with van der Waals surface area (Å²) in [4.78, 5) is 26.9. The number of sulfone groups is 1. The van der Waals surface area contributed by atoms with Gasteiger partial charge in [-0.2, -0.15) is 0 Å². The molecule has 7 nitrogen and oxygen atoms in total. The maximum atomic E-state index is 13.0. The molecule has 2 saturated heterocycles. The van der Waals surface area contributed by atoms with Crippen molar-refractivity contribution < 1.29 is 22.7 Å². The Kier molecular flexibility index (Phi) is 7.69. The van der Waals surface area contributed by atoms with E-state index in [0.717, 1.165) is 32.1 Å².